The van der Waals surface area contributed by atoms with Gasteiger partial charge in [0.05, 0.1) is 0 Å². The lowest BCUT2D eigenvalue weighted by Crippen LogP contribution is -2.24. The topological polar surface area (TPSA) is 12.0 Å². The van der Waals surface area contributed by atoms with Crippen LogP contribution in [0.3, 0.4) is 0 Å². The predicted octanol–water partition coefficient (Wildman–Crippen LogP) is 3.90. The maximum Gasteiger partial charge on any atom is 0.0294 e. The standard InChI is InChI=1S/C13H18BrN/c1-9(15-12-8-13(12,2)3)10-5-4-6-11(14)7-10/h4-7,9,12,15H,8H2,1-3H3. The van der Waals surface area contributed by atoms with E-state index >= 15 is 0 Å². The van der Waals surface area contributed by atoms with E-state index in [1.165, 1.54) is 12.0 Å². The minimum Gasteiger partial charge on any atom is -0.307 e. The minimum atomic E-state index is 0.439. The quantitative estimate of drug-likeness (QED) is 0.876. The lowest BCUT2D eigenvalue weighted by molar-refractivity contribution is 0.492. The molecule has 0 heterocycles. The predicted molar refractivity (Wildman–Crippen MR) is 67.9 cm³/mol. The van der Waals surface area contributed by atoms with E-state index < -0.39 is 0 Å². The Bertz CT molecular complexity index is 359. The van der Waals surface area contributed by atoms with E-state index in [2.05, 4.69) is 66.3 Å². The monoisotopic (exact) mass is 267 g/mol. The first-order chi connectivity index (χ1) is 6.99. The molecule has 1 aliphatic carbocycles. The Morgan fingerprint density at radius 3 is 2.67 bits per heavy atom. The van der Waals surface area contributed by atoms with E-state index in [-0.39, 0.29) is 0 Å². The van der Waals surface area contributed by atoms with Crippen molar-refractivity contribution < 1.29 is 0 Å². The Morgan fingerprint density at radius 1 is 1.47 bits per heavy atom. The molecule has 1 fully saturated rings. The van der Waals surface area contributed by atoms with Gasteiger partial charge in [0, 0.05) is 16.6 Å². The molecule has 0 spiro atoms. The summed E-state index contributed by atoms with van der Waals surface area (Å²) < 4.78 is 1.16. The Kier molecular flexibility index (Phi) is 2.91. The second-order valence-electron chi connectivity index (χ2n) is 5.19. The number of benzene rings is 1. The maximum atomic E-state index is 3.67. The molecule has 1 saturated carbocycles. The zero-order valence-corrected chi connectivity index (χ0v) is 11.1. The van der Waals surface area contributed by atoms with Crippen LogP contribution in [0.1, 0.15) is 38.8 Å². The van der Waals surface area contributed by atoms with Gasteiger partial charge in [-0.25, -0.2) is 0 Å². The van der Waals surface area contributed by atoms with Gasteiger partial charge in [0.25, 0.3) is 0 Å². The third-order valence-corrected chi connectivity index (χ3v) is 3.81. The molecule has 0 amide bonds. The Morgan fingerprint density at radius 2 is 2.13 bits per heavy atom. The molecule has 2 heteroatoms. The van der Waals surface area contributed by atoms with Crippen LogP contribution in [0.2, 0.25) is 0 Å². The Balaban J connectivity index is 1.99. The van der Waals surface area contributed by atoms with Gasteiger partial charge in [0.2, 0.25) is 0 Å². The normalized spacial score (nSPS) is 24.9. The fraction of sp³-hybridized carbons (Fsp3) is 0.538. The molecule has 15 heavy (non-hydrogen) atoms. The highest BCUT2D eigenvalue weighted by molar-refractivity contribution is 9.10. The molecule has 0 aliphatic heterocycles. The van der Waals surface area contributed by atoms with Crippen molar-refractivity contribution in [3.8, 4) is 0 Å². The zero-order valence-electron chi connectivity index (χ0n) is 9.55. The maximum absolute atomic E-state index is 3.67. The number of rotatable bonds is 3. The van der Waals surface area contributed by atoms with E-state index in [1.807, 2.05) is 0 Å². The van der Waals surface area contributed by atoms with Crippen LogP contribution in [0.5, 0.6) is 0 Å². The molecule has 1 N–H and O–H groups in total. The summed E-state index contributed by atoms with van der Waals surface area (Å²) >= 11 is 3.51. The van der Waals surface area contributed by atoms with Crippen LogP contribution in [0.4, 0.5) is 0 Å². The van der Waals surface area contributed by atoms with Gasteiger partial charge in [0.15, 0.2) is 0 Å². The van der Waals surface area contributed by atoms with Gasteiger partial charge in [0.1, 0.15) is 0 Å². The van der Waals surface area contributed by atoms with E-state index in [4.69, 9.17) is 0 Å². The smallest absolute Gasteiger partial charge is 0.0294 e. The molecule has 2 atom stereocenters. The second-order valence-corrected chi connectivity index (χ2v) is 6.10. The van der Waals surface area contributed by atoms with Crippen molar-refractivity contribution in [3.05, 3.63) is 34.3 Å². The lowest BCUT2D eigenvalue weighted by atomic mass is 10.1. The van der Waals surface area contributed by atoms with Crippen molar-refractivity contribution in [2.75, 3.05) is 0 Å². The Labute approximate surface area is 100 Å². The molecule has 0 saturated heterocycles. The van der Waals surface area contributed by atoms with Crippen LogP contribution >= 0.6 is 15.9 Å². The average molecular weight is 268 g/mol. The lowest BCUT2D eigenvalue weighted by Gasteiger charge is -2.15. The highest BCUT2D eigenvalue weighted by atomic mass is 79.9. The fourth-order valence-corrected chi connectivity index (χ4v) is 2.34. The van der Waals surface area contributed by atoms with Crippen LogP contribution < -0.4 is 5.32 Å². The number of halogens is 1. The van der Waals surface area contributed by atoms with Crippen LogP contribution in [0.15, 0.2) is 28.7 Å². The van der Waals surface area contributed by atoms with E-state index in [1.54, 1.807) is 0 Å². The molecule has 1 nitrogen and oxygen atoms in total. The third-order valence-electron chi connectivity index (χ3n) is 3.31. The molecular weight excluding hydrogens is 250 g/mol. The summed E-state index contributed by atoms with van der Waals surface area (Å²) in [6.45, 7) is 6.87. The van der Waals surface area contributed by atoms with Crippen molar-refractivity contribution in [3.63, 3.8) is 0 Å². The average Bonchev–Trinajstić information content (AvgIpc) is 2.73. The summed E-state index contributed by atoms with van der Waals surface area (Å²) in [5.41, 5.74) is 1.85. The molecule has 2 rings (SSSR count). The molecule has 1 aromatic rings. The van der Waals surface area contributed by atoms with Gasteiger partial charge in [-0.05, 0) is 36.5 Å². The third kappa shape index (κ3) is 2.61. The van der Waals surface area contributed by atoms with Crippen molar-refractivity contribution in [1.82, 2.24) is 5.32 Å². The van der Waals surface area contributed by atoms with Gasteiger partial charge in [-0.3, -0.25) is 0 Å². The summed E-state index contributed by atoms with van der Waals surface area (Å²) in [4.78, 5) is 0. The summed E-state index contributed by atoms with van der Waals surface area (Å²) in [7, 11) is 0. The number of hydrogen-bond acceptors (Lipinski definition) is 1. The highest BCUT2D eigenvalue weighted by Gasteiger charge is 2.45. The van der Waals surface area contributed by atoms with Crippen molar-refractivity contribution in [2.45, 2.75) is 39.3 Å². The van der Waals surface area contributed by atoms with Crippen molar-refractivity contribution in [1.29, 1.82) is 0 Å². The van der Waals surface area contributed by atoms with Crippen LogP contribution in [-0.2, 0) is 0 Å². The second kappa shape index (κ2) is 3.91. The van der Waals surface area contributed by atoms with Gasteiger partial charge in [-0.15, -0.1) is 0 Å². The SMILES string of the molecule is CC(NC1CC1(C)C)c1cccc(Br)c1. The van der Waals surface area contributed by atoms with Gasteiger partial charge in [-0.1, -0.05) is 41.9 Å². The van der Waals surface area contributed by atoms with Gasteiger partial charge < -0.3 is 5.32 Å². The van der Waals surface area contributed by atoms with Crippen LogP contribution in [0.25, 0.3) is 0 Å². The first-order valence-corrected chi connectivity index (χ1v) is 6.30. The minimum absolute atomic E-state index is 0.439. The number of hydrogen-bond donors (Lipinski definition) is 1. The molecular formula is C13H18BrN. The van der Waals surface area contributed by atoms with Gasteiger partial charge >= 0.3 is 0 Å². The number of nitrogens with one attached hydrogen (secondary N) is 1. The first-order valence-electron chi connectivity index (χ1n) is 5.50. The molecule has 82 valence electrons. The molecule has 1 aromatic carbocycles. The molecule has 2 unspecified atom stereocenters. The van der Waals surface area contributed by atoms with Crippen LogP contribution in [-0.4, -0.2) is 6.04 Å². The summed E-state index contributed by atoms with van der Waals surface area (Å²) in [6.07, 6.45) is 1.30. The Hall–Kier alpha value is -0.340. The molecule has 1 aliphatic rings. The largest absolute Gasteiger partial charge is 0.307 e. The molecule has 0 bridgehead atoms. The fourth-order valence-electron chi connectivity index (χ4n) is 1.93. The highest BCUT2D eigenvalue weighted by Crippen LogP contribution is 2.45. The molecule has 0 aromatic heterocycles. The van der Waals surface area contributed by atoms with E-state index in [0.29, 0.717) is 17.5 Å². The first kappa shape index (κ1) is 11.2. The summed E-state index contributed by atoms with van der Waals surface area (Å²) in [6, 6.07) is 9.65. The zero-order chi connectivity index (χ0) is 11.1. The van der Waals surface area contributed by atoms with E-state index in [9.17, 15) is 0 Å². The van der Waals surface area contributed by atoms with Crippen molar-refractivity contribution in [2.24, 2.45) is 5.41 Å². The van der Waals surface area contributed by atoms with Crippen LogP contribution in [0, 0.1) is 5.41 Å². The van der Waals surface area contributed by atoms with Crippen molar-refractivity contribution >= 4 is 15.9 Å². The molecule has 0 radical (unpaired) electrons. The van der Waals surface area contributed by atoms with Gasteiger partial charge in [-0.2, -0.15) is 0 Å². The summed E-state index contributed by atoms with van der Waals surface area (Å²) in [5.74, 6) is 0. The van der Waals surface area contributed by atoms with E-state index in [0.717, 1.165) is 4.47 Å². The summed E-state index contributed by atoms with van der Waals surface area (Å²) in [5, 5.41) is 3.67.